The molecule has 0 aliphatic rings. The molecule has 0 aliphatic heterocycles. The van der Waals surface area contributed by atoms with Gasteiger partial charge in [-0.25, -0.2) is 4.98 Å². The van der Waals surface area contributed by atoms with Gasteiger partial charge in [0.15, 0.2) is 0 Å². The van der Waals surface area contributed by atoms with Gasteiger partial charge in [-0.1, -0.05) is 19.9 Å². The van der Waals surface area contributed by atoms with Gasteiger partial charge in [-0.3, -0.25) is 0 Å². The van der Waals surface area contributed by atoms with Crippen molar-refractivity contribution in [1.82, 2.24) is 4.98 Å². The Labute approximate surface area is 98.7 Å². The molecule has 0 fully saturated rings. The second kappa shape index (κ2) is 5.85. The van der Waals surface area contributed by atoms with Crippen molar-refractivity contribution in [2.75, 3.05) is 18.5 Å². The number of nitrogens with two attached hydrogens (primary N) is 1. The molecule has 3 nitrogen and oxygen atoms in total. The van der Waals surface area contributed by atoms with E-state index < -0.39 is 0 Å². The predicted octanol–water partition coefficient (Wildman–Crippen LogP) is 2.06. The average molecular weight is 221 g/mol. The second-order valence-electron chi connectivity index (χ2n) is 4.94. The molecule has 0 saturated carbocycles. The van der Waals surface area contributed by atoms with Crippen LogP contribution in [0.15, 0.2) is 18.3 Å². The van der Waals surface area contributed by atoms with Crippen LogP contribution >= 0.6 is 0 Å². The van der Waals surface area contributed by atoms with Crippen molar-refractivity contribution in [1.29, 1.82) is 0 Å². The lowest BCUT2D eigenvalue weighted by Crippen LogP contribution is -2.26. The monoisotopic (exact) mass is 221 g/mol. The molecule has 0 radical (unpaired) electrons. The second-order valence-corrected chi connectivity index (χ2v) is 4.94. The first-order chi connectivity index (χ1) is 7.50. The Balaban J connectivity index is 2.85. The van der Waals surface area contributed by atoms with E-state index in [2.05, 4.69) is 36.8 Å². The van der Waals surface area contributed by atoms with Crippen LogP contribution in [0.25, 0.3) is 0 Å². The summed E-state index contributed by atoms with van der Waals surface area (Å²) in [5.41, 5.74) is 7.09. The van der Waals surface area contributed by atoms with Crippen LogP contribution in [0.2, 0.25) is 0 Å². The maximum Gasteiger partial charge on any atom is 0.131 e. The van der Waals surface area contributed by atoms with Crippen molar-refractivity contribution in [3.8, 4) is 0 Å². The Morgan fingerprint density at radius 1 is 1.38 bits per heavy atom. The van der Waals surface area contributed by atoms with Crippen molar-refractivity contribution in [2.24, 2.45) is 11.7 Å². The summed E-state index contributed by atoms with van der Waals surface area (Å²) in [7, 11) is 2.09. The molecule has 2 N–H and O–H groups in total. The fourth-order valence-electron chi connectivity index (χ4n) is 1.91. The standard InChI is InChI=1S/C13H23N3/c1-10(2)9-16(4)13-12(8-11(3)14)6-5-7-15-13/h5-7,10-11H,8-9,14H2,1-4H3. The van der Waals surface area contributed by atoms with E-state index in [9.17, 15) is 0 Å². The van der Waals surface area contributed by atoms with E-state index in [1.54, 1.807) is 0 Å². The zero-order chi connectivity index (χ0) is 12.1. The lowest BCUT2D eigenvalue weighted by atomic mass is 10.1. The SMILES string of the molecule is CC(C)CN(C)c1ncccc1CC(C)N. The largest absolute Gasteiger partial charge is 0.359 e. The van der Waals surface area contributed by atoms with Crippen LogP contribution in [-0.2, 0) is 6.42 Å². The van der Waals surface area contributed by atoms with Crippen LogP contribution in [0.3, 0.4) is 0 Å². The summed E-state index contributed by atoms with van der Waals surface area (Å²) < 4.78 is 0. The highest BCUT2D eigenvalue weighted by Crippen LogP contribution is 2.18. The first-order valence-corrected chi connectivity index (χ1v) is 5.91. The third kappa shape index (κ3) is 3.81. The molecule has 1 unspecified atom stereocenters. The lowest BCUT2D eigenvalue weighted by molar-refractivity contribution is 0.630. The summed E-state index contributed by atoms with van der Waals surface area (Å²) in [5, 5.41) is 0. The van der Waals surface area contributed by atoms with Gasteiger partial charge in [0, 0.05) is 25.8 Å². The minimum absolute atomic E-state index is 0.176. The number of hydrogen-bond acceptors (Lipinski definition) is 3. The lowest BCUT2D eigenvalue weighted by Gasteiger charge is -2.23. The highest BCUT2D eigenvalue weighted by Gasteiger charge is 2.10. The smallest absolute Gasteiger partial charge is 0.131 e. The van der Waals surface area contributed by atoms with Gasteiger partial charge in [0.25, 0.3) is 0 Å². The molecule has 1 aromatic rings. The fourth-order valence-corrected chi connectivity index (χ4v) is 1.91. The van der Waals surface area contributed by atoms with Gasteiger partial charge in [-0.05, 0) is 30.9 Å². The van der Waals surface area contributed by atoms with Crippen LogP contribution in [0.5, 0.6) is 0 Å². The van der Waals surface area contributed by atoms with Crippen LogP contribution in [0.1, 0.15) is 26.3 Å². The first kappa shape index (κ1) is 13.0. The molecule has 0 aromatic carbocycles. The van der Waals surface area contributed by atoms with Gasteiger partial charge in [0.1, 0.15) is 5.82 Å². The fraction of sp³-hybridized carbons (Fsp3) is 0.615. The highest BCUT2D eigenvalue weighted by molar-refractivity contribution is 5.46. The molecule has 1 rings (SSSR count). The van der Waals surface area contributed by atoms with Gasteiger partial charge in [0.2, 0.25) is 0 Å². The van der Waals surface area contributed by atoms with Crippen molar-refractivity contribution in [2.45, 2.75) is 33.2 Å². The number of hydrogen-bond donors (Lipinski definition) is 1. The van der Waals surface area contributed by atoms with E-state index in [1.807, 2.05) is 19.2 Å². The van der Waals surface area contributed by atoms with Crippen molar-refractivity contribution < 1.29 is 0 Å². The Morgan fingerprint density at radius 2 is 2.06 bits per heavy atom. The Hall–Kier alpha value is -1.09. The highest BCUT2D eigenvalue weighted by atomic mass is 15.2. The van der Waals surface area contributed by atoms with Crippen LogP contribution < -0.4 is 10.6 Å². The zero-order valence-electron chi connectivity index (χ0n) is 10.8. The summed E-state index contributed by atoms with van der Waals surface area (Å²) in [6.07, 6.45) is 2.72. The van der Waals surface area contributed by atoms with E-state index in [0.29, 0.717) is 5.92 Å². The number of nitrogens with zero attached hydrogens (tertiary/aromatic N) is 2. The van der Waals surface area contributed by atoms with E-state index >= 15 is 0 Å². The summed E-state index contributed by atoms with van der Waals surface area (Å²) in [5.74, 6) is 1.70. The van der Waals surface area contributed by atoms with Gasteiger partial charge in [0.05, 0.1) is 0 Å². The Morgan fingerprint density at radius 3 is 2.62 bits per heavy atom. The molecule has 0 bridgehead atoms. The van der Waals surface area contributed by atoms with Crippen molar-refractivity contribution >= 4 is 5.82 Å². The first-order valence-electron chi connectivity index (χ1n) is 5.91. The topological polar surface area (TPSA) is 42.2 Å². The van der Waals surface area contributed by atoms with E-state index in [4.69, 9.17) is 5.73 Å². The normalized spacial score (nSPS) is 12.9. The molecule has 90 valence electrons. The zero-order valence-corrected chi connectivity index (χ0v) is 10.8. The Bertz CT molecular complexity index is 321. The third-order valence-electron chi connectivity index (χ3n) is 2.41. The molecule has 1 atom stereocenters. The van der Waals surface area contributed by atoms with Crippen molar-refractivity contribution in [3.05, 3.63) is 23.9 Å². The summed E-state index contributed by atoms with van der Waals surface area (Å²) >= 11 is 0. The molecule has 0 amide bonds. The van der Waals surface area contributed by atoms with E-state index in [1.165, 1.54) is 5.56 Å². The van der Waals surface area contributed by atoms with E-state index in [0.717, 1.165) is 18.8 Å². The predicted molar refractivity (Wildman–Crippen MR) is 69.7 cm³/mol. The van der Waals surface area contributed by atoms with Crippen LogP contribution in [-0.4, -0.2) is 24.6 Å². The maximum absolute atomic E-state index is 5.85. The quantitative estimate of drug-likeness (QED) is 0.827. The van der Waals surface area contributed by atoms with Gasteiger partial charge >= 0.3 is 0 Å². The molecule has 1 heterocycles. The average Bonchev–Trinajstić information content (AvgIpc) is 2.16. The molecule has 3 heteroatoms. The van der Waals surface area contributed by atoms with Gasteiger partial charge < -0.3 is 10.6 Å². The third-order valence-corrected chi connectivity index (χ3v) is 2.41. The van der Waals surface area contributed by atoms with Gasteiger partial charge in [-0.15, -0.1) is 0 Å². The number of pyridine rings is 1. The molecule has 0 aliphatic carbocycles. The molecular weight excluding hydrogens is 198 g/mol. The number of anilines is 1. The molecule has 16 heavy (non-hydrogen) atoms. The molecular formula is C13H23N3. The Kier molecular flexibility index (Phi) is 4.74. The molecule has 0 saturated heterocycles. The summed E-state index contributed by atoms with van der Waals surface area (Å²) in [6, 6.07) is 4.27. The maximum atomic E-state index is 5.85. The molecule has 1 aromatic heterocycles. The minimum atomic E-state index is 0.176. The molecule has 0 spiro atoms. The van der Waals surface area contributed by atoms with Crippen LogP contribution in [0, 0.1) is 5.92 Å². The number of aromatic nitrogens is 1. The minimum Gasteiger partial charge on any atom is -0.359 e. The summed E-state index contributed by atoms with van der Waals surface area (Å²) in [4.78, 5) is 6.67. The number of rotatable bonds is 5. The van der Waals surface area contributed by atoms with Crippen molar-refractivity contribution in [3.63, 3.8) is 0 Å². The summed E-state index contributed by atoms with van der Waals surface area (Å²) in [6.45, 7) is 7.47. The van der Waals surface area contributed by atoms with E-state index in [-0.39, 0.29) is 6.04 Å². The van der Waals surface area contributed by atoms with Gasteiger partial charge in [-0.2, -0.15) is 0 Å². The van der Waals surface area contributed by atoms with Crippen LogP contribution in [0.4, 0.5) is 5.82 Å².